The van der Waals surface area contributed by atoms with E-state index >= 15 is 4.39 Å². The molecule has 3 aromatic heterocycles. The van der Waals surface area contributed by atoms with Crippen LogP contribution < -0.4 is 4.31 Å². The van der Waals surface area contributed by atoms with Crippen molar-refractivity contribution < 1.29 is 12.8 Å². The van der Waals surface area contributed by atoms with Gasteiger partial charge in [-0.05, 0) is 86.6 Å². The maximum absolute atomic E-state index is 15.0. The van der Waals surface area contributed by atoms with E-state index in [1.165, 1.54) is 35.0 Å². The van der Waals surface area contributed by atoms with Crippen LogP contribution in [0.1, 0.15) is 51.2 Å². The molecule has 1 saturated carbocycles. The van der Waals surface area contributed by atoms with Gasteiger partial charge in [-0.15, -0.1) is 0 Å². The fraction of sp³-hybridized carbons (Fsp3) is 0.281. The Balaban J connectivity index is 1.54. The van der Waals surface area contributed by atoms with Crippen molar-refractivity contribution in [3.63, 3.8) is 0 Å². The molecule has 0 bridgehead atoms. The Morgan fingerprint density at radius 1 is 1.16 bits per heavy atom. The van der Waals surface area contributed by atoms with Gasteiger partial charge in [0.05, 0.1) is 28.0 Å². The molecule has 0 amide bonds. The molecule has 9 nitrogen and oxygen atoms in total. The Morgan fingerprint density at radius 3 is 2.56 bits per heavy atom. The summed E-state index contributed by atoms with van der Waals surface area (Å²) >= 11 is 0. The second-order valence-corrected chi connectivity index (χ2v) is 12.7. The van der Waals surface area contributed by atoms with E-state index in [1.54, 1.807) is 24.4 Å². The number of benzene rings is 1. The van der Waals surface area contributed by atoms with Gasteiger partial charge in [0.2, 0.25) is 5.95 Å². The van der Waals surface area contributed by atoms with Crippen LogP contribution in [0.5, 0.6) is 0 Å². The van der Waals surface area contributed by atoms with E-state index in [-0.39, 0.29) is 22.3 Å². The van der Waals surface area contributed by atoms with Gasteiger partial charge in [0, 0.05) is 30.2 Å². The normalized spacial score (nSPS) is 17.4. The van der Waals surface area contributed by atoms with Gasteiger partial charge in [0.15, 0.2) is 0 Å². The van der Waals surface area contributed by atoms with Crippen molar-refractivity contribution in [2.75, 3.05) is 4.31 Å². The van der Waals surface area contributed by atoms with Crippen molar-refractivity contribution in [3.8, 4) is 17.5 Å². The van der Waals surface area contributed by atoms with Gasteiger partial charge in [-0.1, -0.05) is 19.9 Å². The van der Waals surface area contributed by atoms with E-state index < -0.39 is 21.4 Å². The third kappa shape index (κ3) is 4.91. The molecule has 1 aromatic carbocycles. The minimum absolute atomic E-state index is 0.0285. The molecule has 0 radical (unpaired) electrons. The van der Waals surface area contributed by atoms with E-state index in [1.807, 2.05) is 36.6 Å². The van der Waals surface area contributed by atoms with Crippen LogP contribution in [0.3, 0.4) is 0 Å². The maximum Gasteiger partial charge on any atom is 0.268 e. The smallest absolute Gasteiger partial charge is 0.268 e. The predicted molar refractivity (Wildman–Crippen MR) is 164 cm³/mol. The Hall–Kier alpha value is -4.69. The first-order valence-corrected chi connectivity index (χ1v) is 15.6. The number of nitriles is 1. The summed E-state index contributed by atoms with van der Waals surface area (Å²) in [4.78, 5) is 17.6. The number of aromatic nitrogens is 4. The van der Waals surface area contributed by atoms with Crippen LogP contribution in [0.2, 0.25) is 0 Å². The van der Waals surface area contributed by atoms with Gasteiger partial charge in [-0.25, -0.2) is 32.1 Å². The molecule has 0 spiro atoms. The number of fused-ring (bicyclic) bond motifs is 1. The molecular formula is C32H30FN7O2S. The molecule has 0 saturated heterocycles. The number of allylic oxidation sites excluding steroid dienone is 3. The summed E-state index contributed by atoms with van der Waals surface area (Å²) in [5.41, 5.74) is 1.49. The highest BCUT2D eigenvalue weighted by molar-refractivity contribution is 7.92. The summed E-state index contributed by atoms with van der Waals surface area (Å²) in [7, 11) is -4.07. The highest BCUT2D eigenvalue weighted by atomic mass is 32.2. The number of sulfonamides is 1. The number of aryl methyl sites for hydroxylation is 1. The first-order valence-electron chi connectivity index (χ1n) is 14.2. The minimum atomic E-state index is -4.07. The first kappa shape index (κ1) is 28.4. The lowest BCUT2D eigenvalue weighted by atomic mass is 10.1. The van der Waals surface area contributed by atoms with Crippen molar-refractivity contribution in [2.24, 2.45) is 10.9 Å². The van der Waals surface area contributed by atoms with E-state index in [2.05, 4.69) is 32.9 Å². The van der Waals surface area contributed by atoms with Crippen LogP contribution in [0.15, 0.2) is 77.0 Å². The van der Waals surface area contributed by atoms with E-state index in [0.717, 1.165) is 6.42 Å². The number of rotatable bonds is 8. The SMILES string of the molecule is CCc1cc2c(cc1F)c(C#N)c(-c1ccc(S(=O)(=O)N(c3ncccn3)C3(C)CC3)cn1)n2C1=CC(CC)C=CC=N1. The van der Waals surface area contributed by atoms with Crippen molar-refractivity contribution >= 4 is 38.9 Å². The lowest BCUT2D eigenvalue weighted by molar-refractivity contribution is 0.575. The lowest BCUT2D eigenvalue weighted by Crippen LogP contribution is -2.41. The molecule has 4 aromatic rings. The van der Waals surface area contributed by atoms with E-state index in [9.17, 15) is 13.7 Å². The number of hydrogen-bond acceptors (Lipinski definition) is 7. The van der Waals surface area contributed by atoms with Crippen LogP contribution >= 0.6 is 0 Å². The average Bonchev–Trinajstić information content (AvgIpc) is 3.73. The molecule has 1 aliphatic heterocycles. The topological polar surface area (TPSA) is 117 Å². The molecule has 4 heterocycles. The highest BCUT2D eigenvalue weighted by Crippen LogP contribution is 2.46. The third-order valence-electron chi connectivity index (χ3n) is 8.06. The monoisotopic (exact) mass is 595 g/mol. The van der Waals surface area contributed by atoms with Crippen molar-refractivity contribution in [3.05, 3.63) is 84.1 Å². The predicted octanol–water partition coefficient (Wildman–Crippen LogP) is 6.28. The van der Waals surface area contributed by atoms with Crippen molar-refractivity contribution in [1.29, 1.82) is 5.26 Å². The Morgan fingerprint density at radius 2 is 1.93 bits per heavy atom. The van der Waals surface area contributed by atoms with Crippen molar-refractivity contribution in [2.45, 2.75) is 56.9 Å². The molecular weight excluding hydrogens is 565 g/mol. The van der Waals surface area contributed by atoms with E-state index in [4.69, 9.17) is 0 Å². The number of anilines is 1. The number of hydrogen-bond donors (Lipinski definition) is 0. The number of halogens is 1. The van der Waals surface area contributed by atoms with Crippen LogP contribution in [0.4, 0.5) is 10.3 Å². The average molecular weight is 596 g/mol. The molecule has 43 heavy (non-hydrogen) atoms. The Labute approximate surface area is 249 Å². The zero-order chi connectivity index (χ0) is 30.4. The number of pyridine rings is 1. The lowest BCUT2D eigenvalue weighted by Gasteiger charge is -2.28. The summed E-state index contributed by atoms with van der Waals surface area (Å²) in [6.45, 7) is 5.81. The highest BCUT2D eigenvalue weighted by Gasteiger charge is 2.51. The number of nitrogens with zero attached hydrogens (tertiary/aromatic N) is 7. The molecule has 1 unspecified atom stereocenters. The van der Waals surface area contributed by atoms with Gasteiger partial charge in [0.25, 0.3) is 10.0 Å². The zero-order valence-corrected chi connectivity index (χ0v) is 24.9. The summed E-state index contributed by atoms with van der Waals surface area (Å²) < 4.78 is 46.0. The van der Waals surface area contributed by atoms with Gasteiger partial charge >= 0.3 is 0 Å². The molecule has 2 aliphatic rings. The largest absolute Gasteiger partial charge is 0.291 e. The zero-order valence-electron chi connectivity index (χ0n) is 24.1. The van der Waals surface area contributed by atoms with Gasteiger partial charge in [0.1, 0.15) is 22.6 Å². The maximum atomic E-state index is 15.0. The second kappa shape index (κ2) is 10.9. The fourth-order valence-electron chi connectivity index (χ4n) is 5.40. The van der Waals surface area contributed by atoms with Crippen LogP contribution in [0, 0.1) is 23.1 Å². The summed E-state index contributed by atoms with van der Waals surface area (Å²) in [6, 6.07) is 10.1. The molecule has 1 aliphatic carbocycles. The molecule has 11 heteroatoms. The van der Waals surface area contributed by atoms with Gasteiger partial charge in [-0.3, -0.25) is 9.55 Å². The summed E-state index contributed by atoms with van der Waals surface area (Å²) in [6.07, 6.45) is 14.6. The molecule has 6 rings (SSSR count). The van der Waals surface area contributed by atoms with Crippen molar-refractivity contribution in [1.82, 2.24) is 19.5 Å². The van der Waals surface area contributed by atoms with Crippen LogP contribution in [-0.4, -0.2) is 39.7 Å². The molecule has 0 N–H and O–H groups in total. The molecule has 218 valence electrons. The Kier molecular flexibility index (Phi) is 7.18. The number of aliphatic imine (C=N–C) groups is 1. The minimum Gasteiger partial charge on any atom is -0.291 e. The van der Waals surface area contributed by atoms with Gasteiger partial charge in [-0.2, -0.15) is 5.26 Å². The van der Waals surface area contributed by atoms with Crippen LogP contribution in [0.25, 0.3) is 28.1 Å². The molecule has 1 atom stereocenters. The quantitative estimate of drug-likeness (QED) is 0.237. The Bertz CT molecular complexity index is 1950. The summed E-state index contributed by atoms with van der Waals surface area (Å²) in [5, 5.41) is 10.8. The fourth-order valence-corrected chi connectivity index (χ4v) is 7.11. The third-order valence-corrected chi connectivity index (χ3v) is 9.98. The van der Waals surface area contributed by atoms with Gasteiger partial charge < -0.3 is 0 Å². The van der Waals surface area contributed by atoms with E-state index in [0.29, 0.717) is 52.9 Å². The first-order chi connectivity index (χ1) is 20.7. The second-order valence-electron chi connectivity index (χ2n) is 10.9. The standard InChI is InChI=1S/C32H30FN7O2S/c1-4-21-8-6-13-35-29(16-21)39-28-17-22(5-2)26(33)18-24(28)25(19-34)30(39)27-10-9-23(20-38-27)43(41,42)40(32(3)11-12-32)31-36-14-7-15-37-31/h6-10,13-18,20-21H,4-5,11-12H2,1-3H3. The molecule has 1 fully saturated rings. The summed E-state index contributed by atoms with van der Waals surface area (Å²) in [5.74, 6) is 0.367. The van der Waals surface area contributed by atoms with Crippen LogP contribution in [-0.2, 0) is 16.4 Å².